The number of rotatable bonds is 1. The van der Waals surface area contributed by atoms with Crippen LogP contribution in [0.2, 0.25) is 0 Å². The summed E-state index contributed by atoms with van der Waals surface area (Å²) in [5.41, 5.74) is 2.74. The number of aryl methyl sites for hydroxylation is 1. The summed E-state index contributed by atoms with van der Waals surface area (Å²) >= 11 is 0. The number of fused-ring (bicyclic) bond motifs is 3. The third kappa shape index (κ3) is 1.64. The normalized spacial score (nSPS) is 30.4. The van der Waals surface area contributed by atoms with Crippen molar-refractivity contribution in [1.29, 1.82) is 0 Å². The number of benzene rings is 1. The molecule has 0 saturated heterocycles. The molecular weight excluding hydrogens is 208 g/mol. The van der Waals surface area contributed by atoms with Crippen molar-refractivity contribution in [3.8, 4) is 0 Å². The lowest BCUT2D eigenvalue weighted by Gasteiger charge is -2.16. The van der Waals surface area contributed by atoms with E-state index in [1.807, 2.05) is 20.8 Å². The van der Waals surface area contributed by atoms with Crippen molar-refractivity contribution in [2.24, 2.45) is 17.3 Å². The van der Waals surface area contributed by atoms with Crippen molar-refractivity contribution in [2.75, 3.05) is 0 Å². The average molecular weight is 228 g/mol. The van der Waals surface area contributed by atoms with E-state index in [4.69, 9.17) is 0 Å². The molecule has 3 atom stereocenters. The van der Waals surface area contributed by atoms with Crippen LogP contribution in [0.4, 0.5) is 0 Å². The summed E-state index contributed by atoms with van der Waals surface area (Å²) in [6.07, 6.45) is 2.36. The molecular formula is C16H20O. The van der Waals surface area contributed by atoms with Crippen LogP contribution < -0.4 is 0 Å². The second-order valence-electron chi connectivity index (χ2n) is 6.57. The van der Waals surface area contributed by atoms with E-state index < -0.39 is 0 Å². The molecule has 0 heterocycles. The van der Waals surface area contributed by atoms with Crippen LogP contribution in [0, 0.1) is 17.3 Å². The van der Waals surface area contributed by atoms with Crippen LogP contribution in [0.15, 0.2) is 24.3 Å². The minimum Gasteiger partial charge on any atom is -0.299 e. The highest BCUT2D eigenvalue weighted by atomic mass is 16.1. The van der Waals surface area contributed by atoms with Crippen LogP contribution >= 0.6 is 0 Å². The molecule has 1 saturated carbocycles. The second kappa shape index (κ2) is 3.44. The summed E-state index contributed by atoms with van der Waals surface area (Å²) in [6, 6.07) is 8.67. The molecule has 1 heteroatoms. The molecule has 1 aromatic rings. The van der Waals surface area contributed by atoms with Gasteiger partial charge in [0.15, 0.2) is 0 Å². The first-order valence-corrected chi connectivity index (χ1v) is 6.62. The van der Waals surface area contributed by atoms with E-state index in [1.165, 1.54) is 17.5 Å². The van der Waals surface area contributed by atoms with Gasteiger partial charge in [0.1, 0.15) is 5.78 Å². The predicted octanol–water partition coefficient (Wildman–Crippen LogP) is 3.58. The van der Waals surface area contributed by atoms with Gasteiger partial charge in [-0.3, -0.25) is 4.79 Å². The van der Waals surface area contributed by atoms with Crippen molar-refractivity contribution >= 4 is 5.78 Å². The van der Waals surface area contributed by atoms with Gasteiger partial charge in [-0.1, -0.05) is 45.0 Å². The highest BCUT2D eigenvalue weighted by Gasteiger charge is 2.58. The van der Waals surface area contributed by atoms with Crippen LogP contribution in [0.3, 0.4) is 0 Å². The van der Waals surface area contributed by atoms with Gasteiger partial charge in [0.25, 0.3) is 0 Å². The Morgan fingerprint density at radius 1 is 1.24 bits per heavy atom. The summed E-state index contributed by atoms with van der Waals surface area (Å²) in [5, 5.41) is 0. The van der Waals surface area contributed by atoms with Crippen molar-refractivity contribution < 1.29 is 4.79 Å². The Bertz CT molecular complexity index is 467. The van der Waals surface area contributed by atoms with Gasteiger partial charge in [-0.15, -0.1) is 0 Å². The topological polar surface area (TPSA) is 17.1 Å². The first-order valence-electron chi connectivity index (χ1n) is 6.62. The van der Waals surface area contributed by atoms with E-state index >= 15 is 0 Å². The number of carbonyl (C=O) groups is 1. The van der Waals surface area contributed by atoms with E-state index in [9.17, 15) is 4.79 Å². The molecule has 90 valence electrons. The fraction of sp³-hybridized carbons (Fsp3) is 0.562. The summed E-state index contributed by atoms with van der Waals surface area (Å²) in [6.45, 7) is 6.14. The van der Waals surface area contributed by atoms with E-state index in [0.717, 1.165) is 6.42 Å². The molecule has 1 aromatic carbocycles. The van der Waals surface area contributed by atoms with Crippen LogP contribution in [0.1, 0.15) is 44.2 Å². The van der Waals surface area contributed by atoms with Gasteiger partial charge >= 0.3 is 0 Å². The van der Waals surface area contributed by atoms with Gasteiger partial charge in [0, 0.05) is 11.3 Å². The summed E-state index contributed by atoms with van der Waals surface area (Å²) in [4.78, 5) is 12.4. The Labute approximate surface area is 103 Å². The van der Waals surface area contributed by atoms with Gasteiger partial charge in [0.2, 0.25) is 0 Å². The third-order valence-corrected chi connectivity index (χ3v) is 4.37. The van der Waals surface area contributed by atoms with E-state index in [0.29, 0.717) is 23.5 Å². The Hall–Kier alpha value is -1.11. The Morgan fingerprint density at radius 2 is 1.94 bits per heavy atom. The maximum Gasteiger partial charge on any atom is 0.142 e. The number of carbonyl (C=O) groups excluding carboxylic acids is 1. The molecule has 3 unspecified atom stereocenters. The molecule has 1 nitrogen and oxygen atoms in total. The van der Waals surface area contributed by atoms with E-state index in [2.05, 4.69) is 24.3 Å². The molecule has 0 spiro atoms. The number of ketones is 1. The standard InChI is InChI=1S/C16H20O/c1-16(2,3)15(17)14-12-9-8-10-6-4-5-7-11(10)13(12)14/h4-7,12-14H,8-9H2,1-3H3. The second-order valence-corrected chi connectivity index (χ2v) is 6.57. The SMILES string of the molecule is CC(C)(C)C(=O)C1C2CCc3ccccc3C21. The third-order valence-electron chi connectivity index (χ3n) is 4.37. The zero-order chi connectivity index (χ0) is 12.2. The number of hydrogen-bond acceptors (Lipinski definition) is 1. The summed E-state index contributed by atoms with van der Waals surface area (Å²) in [5.74, 6) is 1.94. The van der Waals surface area contributed by atoms with Crippen LogP contribution in [0.25, 0.3) is 0 Å². The van der Waals surface area contributed by atoms with E-state index in [1.54, 1.807) is 0 Å². The minimum absolute atomic E-state index is 0.184. The van der Waals surface area contributed by atoms with Crippen LogP contribution in [-0.4, -0.2) is 5.78 Å². The van der Waals surface area contributed by atoms with Crippen molar-refractivity contribution in [3.63, 3.8) is 0 Å². The largest absolute Gasteiger partial charge is 0.299 e. The molecule has 2 aliphatic carbocycles. The molecule has 0 bridgehead atoms. The van der Waals surface area contributed by atoms with Gasteiger partial charge in [-0.05, 0) is 35.8 Å². The Balaban J connectivity index is 1.90. The fourth-order valence-corrected chi connectivity index (χ4v) is 3.42. The number of hydrogen-bond donors (Lipinski definition) is 0. The molecule has 17 heavy (non-hydrogen) atoms. The lowest BCUT2D eigenvalue weighted by atomic mass is 9.86. The summed E-state index contributed by atoms with van der Waals surface area (Å²) in [7, 11) is 0. The van der Waals surface area contributed by atoms with Crippen molar-refractivity contribution in [1.82, 2.24) is 0 Å². The van der Waals surface area contributed by atoms with Gasteiger partial charge in [-0.2, -0.15) is 0 Å². The highest BCUT2D eigenvalue weighted by Crippen LogP contribution is 2.61. The van der Waals surface area contributed by atoms with Crippen LogP contribution in [-0.2, 0) is 11.2 Å². The molecule has 0 aliphatic heterocycles. The smallest absolute Gasteiger partial charge is 0.142 e. The van der Waals surface area contributed by atoms with Gasteiger partial charge in [-0.25, -0.2) is 0 Å². The lowest BCUT2D eigenvalue weighted by molar-refractivity contribution is -0.128. The maximum atomic E-state index is 12.4. The monoisotopic (exact) mass is 228 g/mol. The Morgan fingerprint density at radius 3 is 2.65 bits per heavy atom. The molecule has 0 N–H and O–H groups in total. The first kappa shape index (κ1) is 11.0. The molecule has 0 radical (unpaired) electrons. The molecule has 1 fully saturated rings. The Kier molecular flexibility index (Phi) is 2.23. The van der Waals surface area contributed by atoms with Gasteiger partial charge < -0.3 is 0 Å². The lowest BCUT2D eigenvalue weighted by Crippen LogP contribution is -2.22. The predicted molar refractivity (Wildman–Crippen MR) is 68.9 cm³/mol. The maximum absolute atomic E-state index is 12.4. The van der Waals surface area contributed by atoms with Crippen LogP contribution in [0.5, 0.6) is 0 Å². The first-order chi connectivity index (χ1) is 8.00. The highest BCUT2D eigenvalue weighted by molar-refractivity contribution is 5.90. The molecule has 0 aromatic heterocycles. The zero-order valence-corrected chi connectivity index (χ0v) is 10.9. The molecule has 3 rings (SSSR count). The zero-order valence-electron chi connectivity index (χ0n) is 10.9. The van der Waals surface area contributed by atoms with Crippen molar-refractivity contribution in [3.05, 3.63) is 35.4 Å². The molecule has 2 aliphatic rings. The summed E-state index contributed by atoms with van der Waals surface area (Å²) < 4.78 is 0. The van der Waals surface area contributed by atoms with Crippen molar-refractivity contribution in [2.45, 2.75) is 39.5 Å². The minimum atomic E-state index is -0.184. The van der Waals surface area contributed by atoms with Gasteiger partial charge in [0.05, 0.1) is 0 Å². The fourth-order valence-electron chi connectivity index (χ4n) is 3.42. The molecule has 0 amide bonds. The number of Topliss-reactive ketones (excluding diaryl/α,β-unsaturated/α-hetero) is 1. The average Bonchev–Trinajstić information content (AvgIpc) is 3.01. The van der Waals surface area contributed by atoms with E-state index in [-0.39, 0.29) is 5.41 Å². The quantitative estimate of drug-likeness (QED) is 0.718.